The van der Waals surface area contributed by atoms with E-state index < -0.39 is 0 Å². The van der Waals surface area contributed by atoms with Crippen LogP contribution in [-0.4, -0.2) is 20.6 Å². The van der Waals surface area contributed by atoms with Crippen LogP contribution in [0.4, 0.5) is 5.69 Å². The van der Waals surface area contributed by atoms with Gasteiger partial charge in [0.2, 0.25) is 0 Å². The van der Waals surface area contributed by atoms with Gasteiger partial charge in [0.25, 0.3) is 0 Å². The first-order chi connectivity index (χ1) is 9.29. The SMILES string of the molecule is CCC(Nc1cccnc1-n1ccnc1C)C1CC1. The molecule has 1 N–H and O–H groups in total. The molecule has 100 valence electrons. The van der Waals surface area contributed by atoms with E-state index >= 15 is 0 Å². The first kappa shape index (κ1) is 12.2. The maximum atomic E-state index is 4.51. The van der Waals surface area contributed by atoms with Crippen molar-refractivity contribution in [2.45, 2.75) is 39.2 Å². The van der Waals surface area contributed by atoms with Gasteiger partial charge < -0.3 is 5.32 Å². The average Bonchev–Trinajstić information content (AvgIpc) is 3.19. The summed E-state index contributed by atoms with van der Waals surface area (Å²) >= 11 is 0. The van der Waals surface area contributed by atoms with Crippen molar-refractivity contribution in [3.63, 3.8) is 0 Å². The van der Waals surface area contributed by atoms with Crippen LogP contribution in [0.25, 0.3) is 5.82 Å². The number of hydrogen-bond acceptors (Lipinski definition) is 3. The quantitative estimate of drug-likeness (QED) is 0.893. The van der Waals surface area contributed by atoms with Crippen LogP contribution in [0.2, 0.25) is 0 Å². The van der Waals surface area contributed by atoms with Crippen LogP contribution >= 0.6 is 0 Å². The van der Waals surface area contributed by atoms with Crippen molar-refractivity contribution in [2.75, 3.05) is 5.32 Å². The van der Waals surface area contributed by atoms with Gasteiger partial charge in [0, 0.05) is 24.6 Å². The summed E-state index contributed by atoms with van der Waals surface area (Å²) in [4.78, 5) is 8.79. The van der Waals surface area contributed by atoms with Crippen LogP contribution in [0.1, 0.15) is 32.0 Å². The molecule has 2 aromatic rings. The maximum absolute atomic E-state index is 4.51. The van der Waals surface area contributed by atoms with Gasteiger partial charge in [-0.3, -0.25) is 4.57 Å². The third-order valence-electron chi connectivity index (χ3n) is 3.81. The lowest BCUT2D eigenvalue weighted by molar-refractivity contribution is 0.615. The van der Waals surface area contributed by atoms with Gasteiger partial charge in [0.1, 0.15) is 5.82 Å². The van der Waals surface area contributed by atoms with Gasteiger partial charge in [-0.2, -0.15) is 0 Å². The molecule has 2 aromatic heterocycles. The zero-order valence-corrected chi connectivity index (χ0v) is 11.5. The highest BCUT2D eigenvalue weighted by Gasteiger charge is 2.30. The molecular formula is C15H20N4. The highest BCUT2D eigenvalue weighted by Crippen LogP contribution is 2.36. The lowest BCUT2D eigenvalue weighted by Gasteiger charge is -2.20. The minimum atomic E-state index is 0.562. The first-order valence-corrected chi connectivity index (χ1v) is 7.01. The average molecular weight is 256 g/mol. The van der Waals surface area contributed by atoms with Gasteiger partial charge in [-0.25, -0.2) is 9.97 Å². The molecule has 0 amide bonds. The Kier molecular flexibility index (Phi) is 3.23. The number of imidazole rings is 1. The number of aromatic nitrogens is 3. The van der Waals surface area contributed by atoms with Crippen LogP contribution in [-0.2, 0) is 0 Å². The second-order valence-electron chi connectivity index (χ2n) is 5.22. The molecule has 19 heavy (non-hydrogen) atoms. The first-order valence-electron chi connectivity index (χ1n) is 7.01. The molecule has 0 aromatic carbocycles. The number of nitrogens with one attached hydrogen (secondary N) is 1. The van der Waals surface area contributed by atoms with Crippen LogP contribution in [0, 0.1) is 12.8 Å². The van der Waals surface area contributed by atoms with E-state index in [0.717, 1.165) is 29.7 Å². The minimum absolute atomic E-state index is 0.562. The second kappa shape index (κ2) is 5.03. The minimum Gasteiger partial charge on any atom is -0.379 e. The predicted octanol–water partition coefficient (Wildman–Crippen LogP) is 3.18. The molecule has 2 heterocycles. The molecular weight excluding hydrogens is 236 g/mol. The molecule has 1 saturated carbocycles. The van der Waals surface area contributed by atoms with Crippen molar-refractivity contribution in [2.24, 2.45) is 5.92 Å². The second-order valence-corrected chi connectivity index (χ2v) is 5.22. The molecule has 0 spiro atoms. The summed E-state index contributed by atoms with van der Waals surface area (Å²) in [5.41, 5.74) is 1.10. The molecule has 1 unspecified atom stereocenters. The van der Waals surface area contributed by atoms with E-state index in [1.54, 1.807) is 0 Å². The van der Waals surface area contributed by atoms with E-state index in [-0.39, 0.29) is 0 Å². The molecule has 1 atom stereocenters. The molecule has 1 aliphatic rings. The summed E-state index contributed by atoms with van der Waals surface area (Å²) < 4.78 is 2.03. The van der Waals surface area contributed by atoms with Crippen molar-refractivity contribution >= 4 is 5.69 Å². The number of aryl methyl sites for hydroxylation is 1. The largest absolute Gasteiger partial charge is 0.379 e. The summed E-state index contributed by atoms with van der Waals surface area (Å²) in [6.07, 6.45) is 9.46. The molecule has 4 nitrogen and oxygen atoms in total. The van der Waals surface area contributed by atoms with Crippen molar-refractivity contribution in [3.8, 4) is 5.82 Å². The maximum Gasteiger partial charge on any atom is 0.161 e. The van der Waals surface area contributed by atoms with Gasteiger partial charge in [-0.05, 0) is 44.2 Å². The molecule has 4 heteroatoms. The Bertz CT molecular complexity index is 557. The van der Waals surface area contributed by atoms with Gasteiger partial charge in [0.15, 0.2) is 5.82 Å². The lowest BCUT2D eigenvalue weighted by atomic mass is 10.1. The van der Waals surface area contributed by atoms with Crippen LogP contribution < -0.4 is 5.32 Å². The summed E-state index contributed by atoms with van der Waals surface area (Å²) in [5.74, 6) is 2.74. The number of pyridine rings is 1. The molecule has 0 aliphatic heterocycles. The zero-order valence-electron chi connectivity index (χ0n) is 11.5. The fourth-order valence-corrected chi connectivity index (χ4v) is 2.55. The number of rotatable bonds is 5. The van der Waals surface area contributed by atoms with E-state index in [0.29, 0.717) is 6.04 Å². The third-order valence-corrected chi connectivity index (χ3v) is 3.81. The van der Waals surface area contributed by atoms with Crippen molar-refractivity contribution in [1.82, 2.24) is 14.5 Å². The topological polar surface area (TPSA) is 42.7 Å². The molecule has 1 aliphatic carbocycles. The van der Waals surface area contributed by atoms with Crippen molar-refractivity contribution in [1.29, 1.82) is 0 Å². The normalized spacial score (nSPS) is 16.3. The van der Waals surface area contributed by atoms with Gasteiger partial charge in [-0.15, -0.1) is 0 Å². The number of hydrogen-bond donors (Lipinski definition) is 1. The molecule has 0 bridgehead atoms. The third kappa shape index (κ3) is 2.48. The Labute approximate surface area is 113 Å². The smallest absolute Gasteiger partial charge is 0.161 e. The van der Waals surface area contributed by atoms with Crippen LogP contribution in [0.5, 0.6) is 0 Å². The van der Waals surface area contributed by atoms with E-state index in [9.17, 15) is 0 Å². The van der Waals surface area contributed by atoms with Gasteiger partial charge in [-0.1, -0.05) is 6.92 Å². The van der Waals surface area contributed by atoms with Crippen molar-refractivity contribution in [3.05, 3.63) is 36.5 Å². The zero-order chi connectivity index (χ0) is 13.2. The number of anilines is 1. The van der Waals surface area contributed by atoms with Gasteiger partial charge >= 0.3 is 0 Å². The summed E-state index contributed by atoms with van der Waals surface area (Å²) in [5, 5.41) is 3.66. The summed E-state index contributed by atoms with van der Waals surface area (Å²) in [6, 6.07) is 4.65. The Balaban J connectivity index is 1.91. The highest BCUT2D eigenvalue weighted by molar-refractivity contribution is 5.57. The Morgan fingerprint density at radius 1 is 1.37 bits per heavy atom. The van der Waals surface area contributed by atoms with Gasteiger partial charge in [0.05, 0.1) is 5.69 Å². The Morgan fingerprint density at radius 3 is 2.84 bits per heavy atom. The van der Waals surface area contributed by atoms with E-state index in [4.69, 9.17) is 0 Å². The van der Waals surface area contributed by atoms with E-state index in [1.165, 1.54) is 12.8 Å². The summed E-state index contributed by atoms with van der Waals surface area (Å²) in [6.45, 7) is 4.24. The standard InChI is InChI=1S/C15H20N4/c1-3-13(12-6-7-12)18-14-5-4-8-17-15(14)19-10-9-16-11(19)2/h4-5,8-10,12-13,18H,3,6-7H2,1-2H3. The predicted molar refractivity (Wildman–Crippen MR) is 76.5 cm³/mol. The molecule has 0 radical (unpaired) electrons. The Morgan fingerprint density at radius 2 is 2.21 bits per heavy atom. The fraction of sp³-hybridized carbons (Fsp3) is 0.467. The number of nitrogens with zero attached hydrogens (tertiary/aromatic N) is 3. The van der Waals surface area contributed by atoms with Crippen LogP contribution in [0.15, 0.2) is 30.7 Å². The van der Waals surface area contributed by atoms with E-state index in [2.05, 4.69) is 28.3 Å². The molecule has 1 fully saturated rings. The fourth-order valence-electron chi connectivity index (χ4n) is 2.55. The van der Waals surface area contributed by atoms with E-state index in [1.807, 2.05) is 36.1 Å². The van der Waals surface area contributed by atoms with Crippen LogP contribution in [0.3, 0.4) is 0 Å². The highest BCUT2D eigenvalue weighted by atomic mass is 15.1. The molecule has 0 saturated heterocycles. The lowest BCUT2D eigenvalue weighted by Crippen LogP contribution is -2.22. The molecule has 3 rings (SSSR count). The monoisotopic (exact) mass is 256 g/mol. The Hall–Kier alpha value is -1.84. The summed E-state index contributed by atoms with van der Waals surface area (Å²) in [7, 11) is 0. The van der Waals surface area contributed by atoms with Crippen molar-refractivity contribution < 1.29 is 0 Å².